The van der Waals surface area contributed by atoms with Gasteiger partial charge in [0.05, 0.1) is 5.02 Å². The lowest BCUT2D eigenvalue weighted by Crippen LogP contribution is -2.13. The van der Waals surface area contributed by atoms with Gasteiger partial charge < -0.3 is 15.2 Å². The summed E-state index contributed by atoms with van der Waals surface area (Å²) in [5.74, 6) is 0.0432. The number of phenolic OH excluding ortho intramolecular Hbond substituents is 1. The summed E-state index contributed by atoms with van der Waals surface area (Å²) in [7, 11) is 0. The molecule has 0 aliphatic carbocycles. The Hall–Kier alpha value is -3.75. The van der Waals surface area contributed by atoms with E-state index in [1.165, 1.54) is 30.3 Å². The molecule has 1 amide bonds. The van der Waals surface area contributed by atoms with E-state index in [9.17, 15) is 15.2 Å². The molecule has 0 unspecified atom stereocenters. The SMILES string of the molecule is N#C/C(=C\c1ccc(OCc2ccccc2)c(Cl)c1)C(=O)Nc1ccc(O)cc1. The summed E-state index contributed by atoms with van der Waals surface area (Å²) in [5, 5.41) is 21.6. The first-order valence-electron chi connectivity index (χ1n) is 8.73. The average Bonchev–Trinajstić information content (AvgIpc) is 2.73. The summed E-state index contributed by atoms with van der Waals surface area (Å²) in [4.78, 5) is 12.3. The molecule has 6 heteroatoms. The van der Waals surface area contributed by atoms with Crippen LogP contribution in [0.4, 0.5) is 5.69 Å². The Morgan fingerprint density at radius 1 is 1.10 bits per heavy atom. The zero-order valence-electron chi connectivity index (χ0n) is 15.3. The van der Waals surface area contributed by atoms with Gasteiger partial charge >= 0.3 is 0 Å². The molecule has 0 aliphatic rings. The number of benzene rings is 3. The zero-order valence-corrected chi connectivity index (χ0v) is 16.1. The molecule has 0 fully saturated rings. The van der Waals surface area contributed by atoms with E-state index >= 15 is 0 Å². The van der Waals surface area contributed by atoms with Crippen LogP contribution in [0.15, 0.2) is 78.4 Å². The highest BCUT2D eigenvalue weighted by Crippen LogP contribution is 2.27. The van der Waals surface area contributed by atoms with Crippen LogP contribution in [-0.4, -0.2) is 11.0 Å². The molecule has 0 spiro atoms. The monoisotopic (exact) mass is 404 g/mol. The Balaban J connectivity index is 1.70. The topological polar surface area (TPSA) is 82.3 Å². The highest BCUT2D eigenvalue weighted by molar-refractivity contribution is 6.32. The van der Waals surface area contributed by atoms with Gasteiger partial charge in [0.15, 0.2) is 0 Å². The van der Waals surface area contributed by atoms with Crippen LogP contribution < -0.4 is 10.1 Å². The fourth-order valence-corrected chi connectivity index (χ4v) is 2.76. The summed E-state index contributed by atoms with van der Waals surface area (Å²) in [6.07, 6.45) is 1.45. The van der Waals surface area contributed by atoms with Crippen LogP contribution in [0.3, 0.4) is 0 Å². The van der Waals surface area contributed by atoms with Gasteiger partial charge in [-0.2, -0.15) is 5.26 Å². The molecule has 0 aromatic heterocycles. The van der Waals surface area contributed by atoms with E-state index in [0.29, 0.717) is 28.6 Å². The molecule has 0 bridgehead atoms. The number of nitrogens with one attached hydrogen (secondary N) is 1. The van der Waals surface area contributed by atoms with E-state index in [4.69, 9.17) is 16.3 Å². The highest BCUT2D eigenvalue weighted by atomic mass is 35.5. The van der Waals surface area contributed by atoms with Crippen molar-refractivity contribution in [3.63, 3.8) is 0 Å². The van der Waals surface area contributed by atoms with Crippen LogP contribution in [0.2, 0.25) is 5.02 Å². The van der Waals surface area contributed by atoms with E-state index in [1.54, 1.807) is 18.2 Å². The van der Waals surface area contributed by atoms with E-state index < -0.39 is 5.91 Å². The highest BCUT2D eigenvalue weighted by Gasteiger charge is 2.11. The summed E-state index contributed by atoms with van der Waals surface area (Å²) >= 11 is 6.29. The van der Waals surface area contributed by atoms with Crippen LogP contribution in [-0.2, 0) is 11.4 Å². The van der Waals surface area contributed by atoms with Gasteiger partial charge in [0.25, 0.3) is 5.91 Å². The van der Waals surface area contributed by atoms with Crippen LogP contribution in [0.1, 0.15) is 11.1 Å². The lowest BCUT2D eigenvalue weighted by atomic mass is 10.1. The fourth-order valence-electron chi connectivity index (χ4n) is 2.52. The number of rotatable bonds is 6. The van der Waals surface area contributed by atoms with Gasteiger partial charge in [0.1, 0.15) is 29.7 Å². The lowest BCUT2D eigenvalue weighted by molar-refractivity contribution is -0.112. The summed E-state index contributed by atoms with van der Waals surface area (Å²) in [6.45, 7) is 0.383. The second kappa shape index (κ2) is 9.45. The van der Waals surface area contributed by atoms with E-state index in [-0.39, 0.29) is 11.3 Å². The van der Waals surface area contributed by atoms with E-state index in [2.05, 4.69) is 5.32 Å². The molecule has 0 saturated carbocycles. The summed E-state index contributed by atoms with van der Waals surface area (Å²) in [5.41, 5.74) is 2.01. The number of ether oxygens (including phenoxy) is 1. The summed E-state index contributed by atoms with van der Waals surface area (Å²) < 4.78 is 5.73. The normalized spacial score (nSPS) is 10.8. The maximum Gasteiger partial charge on any atom is 0.266 e. The van der Waals surface area contributed by atoms with Crippen molar-refractivity contribution in [2.24, 2.45) is 0 Å². The van der Waals surface area contributed by atoms with Gasteiger partial charge in [-0.1, -0.05) is 48.0 Å². The largest absolute Gasteiger partial charge is 0.508 e. The third-order valence-corrected chi connectivity index (χ3v) is 4.29. The molecule has 0 radical (unpaired) electrons. The Kier molecular flexibility index (Phi) is 6.51. The number of aromatic hydroxyl groups is 1. The maximum atomic E-state index is 12.3. The minimum Gasteiger partial charge on any atom is -0.508 e. The number of carbonyl (C=O) groups excluding carboxylic acids is 1. The number of phenols is 1. The molecule has 3 rings (SSSR count). The molecule has 3 aromatic rings. The minimum atomic E-state index is -0.557. The molecule has 0 aliphatic heterocycles. The van der Waals surface area contributed by atoms with Crippen LogP contribution >= 0.6 is 11.6 Å². The van der Waals surface area contributed by atoms with Gasteiger partial charge in [-0.25, -0.2) is 0 Å². The summed E-state index contributed by atoms with van der Waals surface area (Å²) in [6, 6.07) is 22.6. The third-order valence-electron chi connectivity index (χ3n) is 3.99. The second-order valence-electron chi connectivity index (χ2n) is 6.13. The van der Waals surface area contributed by atoms with Crippen molar-refractivity contribution in [1.29, 1.82) is 5.26 Å². The quantitative estimate of drug-likeness (QED) is 0.337. The molecule has 0 atom stereocenters. The van der Waals surface area contributed by atoms with Crippen LogP contribution in [0.5, 0.6) is 11.5 Å². The first kappa shape index (κ1) is 20.0. The van der Waals surface area contributed by atoms with Crippen molar-refractivity contribution in [2.75, 3.05) is 5.32 Å². The molecule has 29 heavy (non-hydrogen) atoms. The van der Waals surface area contributed by atoms with Crippen LogP contribution in [0.25, 0.3) is 6.08 Å². The lowest BCUT2D eigenvalue weighted by Gasteiger charge is -2.09. The number of nitriles is 1. The van der Waals surface area contributed by atoms with Crippen molar-refractivity contribution in [1.82, 2.24) is 0 Å². The minimum absolute atomic E-state index is 0.0768. The molecule has 144 valence electrons. The Morgan fingerprint density at radius 2 is 1.83 bits per heavy atom. The van der Waals surface area contributed by atoms with Gasteiger partial charge in [-0.3, -0.25) is 4.79 Å². The zero-order chi connectivity index (χ0) is 20.6. The van der Waals surface area contributed by atoms with Crippen molar-refractivity contribution in [2.45, 2.75) is 6.61 Å². The van der Waals surface area contributed by atoms with Gasteiger partial charge in [0, 0.05) is 5.69 Å². The van der Waals surface area contributed by atoms with Crippen molar-refractivity contribution in [3.05, 3.63) is 94.5 Å². The smallest absolute Gasteiger partial charge is 0.266 e. The van der Waals surface area contributed by atoms with Crippen LogP contribution in [0, 0.1) is 11.3 Å². The van der Waals surface area contributed by atoms with Gasteiger partial charge in [-0.05, 0) is 53.6 Å². The number of hydrogen-bond donors (Lipinski definition) is 2. The number of nitrogens with zero attached hydrogens (tertiary/aromatic N) is 1. The van der Waals surface area contributed by atoms with Crippen molar-refractivity contribution in [3.8, 4) is 17.6 Å². The standard InChI is InChI=1S/C23H17ClN2O3/c24-21-13-17(6-11-22(21)29-15-16-4-2-1-3-5-16)12-18(14-25)23(28)26-19-7-9-20(27)10-8-19/h1-13,27H,15H2,(H,26,28)/b18-12+. The molecule has 0 heterocycles. The number of amides is 1. The van der Waals surface area contributed by atoms with Gasteiger partial charge in [-0.15, -0.1) is 0 Å². The molecular formula is C23H17ClN2O3. The number of hydrogen-bond acceptors (Lipinski definition) is 4. The second-order valence-corrected chi connectivity index (χ2v) is 6.54. The molecular weight excluding hydrogens is 388 g/mol. The fraction of sp³-hybridized carbons (Fsp3) is 0.0435. The molecule has 0 saturated heterocycles. The molecule has 3 aromatic carbocycles. The molecule has 2 N–H and O–H groups in total. The first-order valence-corrected chi connectivity index (χ1v) is 9.11. The van der Waals surface area contributed by atoms with Crippen molar-refractivity contribution < 1.29 is 14.6 Å². The first-order chi connectivity index (χ1) is 14.0. The van der Waals surface area contributed by atoms with Crippen molar-refractivity contribution >= 4 is 29.3 Å². The Morgan fingerprint density at radius 3 is 2.48 bits per heavy atom. The maximum absolute atomic E-state index is 12.3. The number of anilines is 1. The van der Waals surface area contributed by atoms with E-state index in [1.807, 2.05) is 36.4 Å². The molecule has 5 nitrogen and oxygen atoms in total. The number of carbonyl (C=O) groups is 1. The number of halogens is 1. The van der Waals surface area contributed by atoms with Gasteiger partial charge in [0.2, 0.25) is 0 Å². The third kappa shape index (κ3) is 5.61. The Bertz CT molecular complexity index is 1070. The predicted molar refractivity (Wildman–Crippen MR) is 113 cm³/mol. The Labute approximate surface area is 173 Å². The average molecular weight is 405 g/mol. The predicted octanol–water partition coefficient (Wildman–Crippen LogP) is 5.17. The van der Waals surface area contributed by atoms with E-state index in [0.717, 1.165) is 5.56 Å².